The number of rotatable bonds is 2. The molecular formula is C13H9ClFN5. The highest BCUT2D eigenvalue weighted by atomic mass is 35.5. The second kappa shape index (κ2) is 4.97. The molecule has 0 saturated carbocycles. The van der Waals surface area contributed by atoms with E-state index in [2.05, 4.69) is 20.1 Å². The maximum Gasteiger partial charge on any atom is 0.255 e. The number of halogens is 2. The van der Waals surface area contributed by atoms with Crippen LogP contribution in [0, 0.1) is 12.7 Å². The van der Waals surface area contributed by atoms with Gasteiger partial charge in [0, 0.05) is 18.0 Å². The fourth-order valence-corrected chi connectivity index (χ4v) is 1.90. The second-order valence-electron chi connectivity index (χ2n) is 4.14. The van der Waals surface area contributed by atoms with Crippen molar-refractivity contribution in [3.63, 3.8) is 0 Å². The molecule has 0 bridgehead atoms. The highest BCUT2D eigenvalue weighted by Gasteiger charge is 2.10. The summed E-state index contributed by atoms with van der Waals surface area (Å²) in [6.45, 7) is 1.68. The Labute approximate surface area is 119 Å². The van der Waals surface area contributed by atoms with E-state index < -0.39 is 0 Å². The molecule has 0 spiro atoms. The van der Waals surface area contributed by atoms with E-state index in [0.717, 1.165) is 0 Å². The topological polar surface area (TPSA) is 56.5 Å². The molecule has 3 aromatic rings. The summed E-state index contributed by atoms with van der Waals surface area (Å²) in [5, 5.41) is 4.10. The molecule has 0 aliphatic rings. The highest BCUT2D eigenvalue weighted by Crippen LogP contribution is 2.20. The van der Waals surface area contributed by atoms with Crippen molar-refractivity contribution >= 4 is 11.6 Å². The number of nitrogens with zero attached hydrogens (tertiary/aromatic N) is 5. The molecule has 0 amide bonds. The molecule has 100 valence electrons. The molecule has 0 aliphatic heterocycles. The van der Waals surface area contributed by atoms with Crippen molar-refractivity contribution in [1.29, 1.82) is 0 Å². The molecule has 0 N–H and O–H groups in total. The van der Waals surface area contributed by atoms with E-state index in [1.54, 1.807) is 37.5 Å². The average Bonchev–Trinajstić information content (AvgIpc) is 2.95. The van der Waals surface area contributed by atoms with Gasteiger partial charge in [-0.05, 0) is 48.4 Å². The summed E-state index contributed by atoms with van der Waals surface area (Å²) < 4.78 is 14.8. The van der Waals surface area contributed by atoms with Crippen LogP contribution in [0.4, 0.5) is 4.39 Å². The van der Waals surface area contributed by atoms with E-state index in [4.69, 9.17) is 11.6 Å². The summed E-state index contributed by atoms with van der Waals surface area (Å²) in [6, 6.07) is 6.38. The van der Waals surface area contributed by atoms with Gasteiger partial charge in [-0.3, -0.25) is 0 Å². The standard InChI is InChI=1S/C13H9ClFN5/c1-8-7-9(3-4-10(8)15)11-17-12(14)19-13(18-11)20-6-2-5-16-20/h2-7H,1H3. The first kappa shape index (κ1) is 12.7. The van der Waals surface area contributed by atoms with Crippen LogP contribution in [0.2, 0.25) is 5.28 Å². The Kier molecular flexibility index (Phi) is 3.15. The zero-order valence-corrected chi connectivity index (χ0v) is 11.2. The van der Waals surface area contributed by atoms with Gasteiger partial charge in [-0.1, -0.05) is 0 Å². The van der Waals surface area contributed by atoms with Crippen LogP contribution in [0.5, 0.6) is 0 Å². The lowest BCUT2D eigenvalue weighted by Crippen LogP contribution is -2.05. The number of hydrogen-bond acceptors (Lipinski definition) is 4. The third-order valence-corrected chi connectivity index (χ3v) is 2.89. The predicted molar refractivity (Wildman–Crippen MR) is 72.1 cm³/mol. The van der Waals surface area contributed by atoms with Gasteiger partial charge >= 0.3 is 0 Å². The summed E-state index contributed by atoms with van der Waals surface area (Å²) in [5.74, 6) is 0.409. The molecule has 0 unspecified atom stereocenters. The molecule has 2 heterocycles. The van der Waals surface area contributed by atoms with Crippen LogP contribution in [0.25, 0.3) is 17.3 Å². The van der Waals surface area contributed by atoms with E-state index in [9.17, 15) is 4.39 Å². The SMILES string of the molecule is Cc1cc(-c2nc(Cl)nc(-n3cccn3)n2)ccc1F. The molecule has 0 fully saturated rings. The van der Waals surface area contributed by atoms with Gasteiger partial charge in [-0.2, -0.15) is 20.1 Å². The first-order valence-electron chi connectivity index (χ1n) is 5.81. The van der Waals surface area contributed by atoms with E-state index in [-0.39, 0.29) is 11.1 Å². The van der Waals surface area contributed by atoms with Gasteiger partial charge in [0.25, 0.3) is 5.95 Å². The smallest absolute Gasteiger partial charge is 0.207 e. The molecule has 0 radical (unpaired) electrons. The Bertz CT molecular complexity index is 757. The second-order valence-corrected chi connectivity index (χ2v) is 4.48. The minimum atomic E-state index is -0.277. The maximum atomic E-state index is 13.3. The van der Waals surface area contributed by atoms with Crippen LogP contribution in [0.15, 0.2) is 36.7 Å². The van der Waals surface area contributed by atoms with Gasteiger partial charge in [0.2, 0.25) is 5.28 Å². The third kappa shape index (κ3) is 2.37. The van der Waals surface area contributed by atoms with E-state index >= 15 is 0 Å². The Balaban J connectivity index is 2.12. The lowest BCUT2D eigenvalue weighted by molar-refractivity contribution is 0.618. The largest absolute Gasteiger partial charge is 0.255 e. The molecule has 0 saturated heterocycles. The van der Waals surface area contributed by atoms with Crippen LogP contribution >= 0.6 is 11.6 Å². The van der Waals surface area contributed by atoms with Crippen molar-refractivity contribution in [3.8, 4) is 17.3 Å². The number of benzene rings is 1. The fourth-order valence-electron chi connectivity index (χ4n) is 1.74. The first-order valence-corrected chi connectivity index (χ1v) is 6.19. The monoisotopic (exact) mass is 289 g/mol. The van der Waals surface area contributed by atoms with Gasteiger partial charge in [-0.25, -0.2) is 9.07 Å². The molecule has 0 atom stereocenters. The van der Waals surface area contributed by atoms with Gasteiger partial charge in [0.1, 0.15) is 5.82 Å². The minimum absolute atomic E-state index is 0.0579. The maximum absolute atomic E-state index is 13.3. The van der Waals surface area contributed by atoms with Crippen LogP contribution in [-0.2, 0) is 0 Å². The van der Waals surface area contributed by atoms with Crippen LogP contribution in [0.1, 0.15) is 5.56 Å². The molecule has 0 aliphatic carbocycles. The summed E-state index contributed by atoms with van der Waals surface area (Å²) in [4.78, 5) is 12.4. The zero-order chi connectivity index (χ0) is 14.1. The zero-order valence-electron chi connectivity index (χ0n) is 10.5. The molecular weight excluding hydrogens is 281 g/mol. The Morgan fingerprint density at radius 2 is 2.05 bits per heavy atom. The van der Waals surface area contributed by atoms with Gasteiger partial charge in [0.05, 0.1) is 0 Å². The van der Waals surface area contributed by atoms with Crippen molar-refractivity contribution < 1.29 is 4.39 Å². The quantitative estimate of drug-likeness (QED) is 0.728. The average molecular weight is 290 g/mol. The van der Waals surface area contributed by atoms with Crippen LogP contribution in [-0.4, -0.2) is 24.7 Å². The van der Waals surface area contributed by atoms with Crippen molar-refractivity contribution in [2.75, 3.05) is 0 Å². The molecule has 5 nitrogen and oxygen atoms in total. The lowest BCUT2D eigenvalue weighted by atomic mass is 10.1. The van der Waals surface area contributed by atoms with Crippen LogP contribution in [0.3, 0.4) is 0 Å². The summed E-state index contributed by atoms with van der Waals surface area (Å²) in [7, 11) is 0. The first-order chi connectivity index (χ1) is 9.63. The lowest BCUT2D eigenvalue weighted by Gasteiger charge is -2.05. The number of hydrogen-bond donors (Lipinski definition) is 0. The van der Waals surface area contributed by atoms with E-state index in [1.807, 2.05) is 0 Å². The number of aromatic nitrogens is 5. The van der Waals surface area contributed by atoms with E-state index in [0.29, 0.717) is 22.9 Å². The Morgan fingerprint density at radius 3 is 2.75 bits per heavy atom. The van der Waals surface area contributed by atoms with Gasteiger partial charge < -0.3 is 0 Å². The van der Waals surface area contributed by atoms with Gasteiger partial charge in [0.15, 0.2) is 5.82 Å². The van der Waals surface area contributed by atoms with Crippen molar-refractivity contribution in [2.24, 2.45) is 0 Å². The Hall–Kier alpha value is -2.34. The molecule has 3 rings (SSSR count). The highest BCUT2D eigenvalue weighted by molar-refractivity contribution is 6.28. The van der Waals surface area contributed by atoms with Crippen molar-refractivity contribution in [1.82, 2.24) is 24.7 Å². The summed E-state index contributed by atoms with van der Waals surface area (Å²) in [6.07, 6.45) is 3.31. The fraction of sp³-hybridized carbons (Fsp3) is 0.0769. The molecule has 7 heteroatoms. The third-order valence-electron chi connectivity index (χ3n) is 2.72. The normalized spacial score (nSPS) is 10.8. The minimum Gasteiger partial charge on any atom is -0.207 e. The summed E-state index contributed by atoms with van der Waals surface area (Å²) >= 11 is 5.91. The number of aryl methyl sites for hydroxylation is 1. The summed E-state index contributed by atoms with van der Waals surface area (Å²) in [5.41, 5.74) is 1.18. The van der Waals surface area contributed by atoms with Crippen molar-refractivity contribution in [2.45, 2.75) is 6.92 Å². The Morgan fingerprint density at radius 1 is 1.20 bits per heavy atom. The van der Waals surface area contributed by atoms with Crippen molar-refractivity contribution in [3.05, 3.63) is 53.3 Å². The molecule has 1 aromatic carbocycles. The van der Waals surface area contributed by atoms with E-state index in [1.165, 1.54) is 10.7 Å². The van der Waals surface area contributed by atoms with Gasteiger partial charge in [-0.15, -0.1) is 0 Å². The van der Waals surface area contributed by atoms with Crippen LogP contribution < -0.4 is 0 Å². The molecule has 2 aromatic heterocycles. The molecule has 20 heavy (non-hydrogen) atoms. The predicted octanol–water partition coefficient (Wildman–Crippen LogP) is 2.83.